The molecule has 1 aromatic rings. The lowest BCUT2D eigenvalue weighted by Crippen LogP contribution is -2.45. The largest absolute Gasteiger partial charge is 0.350 e. The molecular formula is C20H30N4O2. The highest BCUT2D eigenvalue weighted by Crippen LogP contribution is 2.23. The third kappa shape index (κ3) is 4.81. The summed E-state index contributed by atoms with van der Waals surface area (Å²) in [6.45, 7) is 7.76. The Labute approximate surface area is 156 Å². The van der Waals surface area contributed by atoms with E-state index in [2.05, 4.69) is 28.2 Å². The topological polar surface area (TPSA) is 65.5 Å². The van der Waals surface area contributed by atoms with E-state index in [1.165, 1.54) is 0 Å². The monoisotopic (exact) mass is 358 g/mol. The Morgan fingerprint density at radius 1 is 1.35 bits per heavy atom. The zero-order valence-corrected chi connectivity index (χ0v) is 15.9. The van der Waals surface area contributed by atoms with Gasteiger partial charge >= 0.3 is 0 Å². The Morgan fingerprint density at radius 2 is 2.19 bits per heavy atom. The number of aromatic nitrogens is 1. The summed E-state index contributed by atoms with van der Waals surface area (Å²) in [6.07, 6.45) is 3.65. The number of amides is 2. The number of hydrogen-bond donors (Lipinski definition) is 1. The van der Waals surface area contributed by atoms with Crippen LogP contribution >= 0.6 is 0 Å². The first-order valence-corrected chi connectivity index (χ1v) is 9.77. The number of aryl methyl sites for hydroxylation is 1. The van der Waals surface area contributed by atoms with E-state index in [4.69, 9.17) is 0 Å². The second-order valence-corrected chi connectivity index (χ2v) is 7.61. The second-order valence-electron chi connectivity index (χ2n) is 7.61. The van der Waals surface area contributed by atoms with Crippen LogP contribution in [0.5, 0.6) is 0 Å². The molecule has 2 atom stereocenters. The fourth-order valence-electron chi connectivity index (χ4n) is 4.13. The van der Waals surface area contributed by atoms with E-state index in [9.17, 15) is 9.59 Å². The molecule has 6 heteroatoms. The molecule has 3 heterocycles. The first-order chi connectivity index (χ1) is 12.5. The smallest absolute Gasteiger partial charge is 0.239 e. The molecule has 0 aromatic carbocycles. The number of likely N-dealkylation sites (tertiary alicyclic amines) is 2. The molecule has 2 fully saturated rings. The standard InChI is InChI=1S/C20H30N4O2/c1-3-6-16-11-23(12-17-8-4-7-15(2)21-17)13-18(16)22-19(25)14-24-10-5-9-20(24)26/h4,7-8,16,18H,3,5-6,9-14H2,1-2H3,(H,22,25)/t16-,18-/m0/s1. The van der Waals surface area contributed by atoms with Gasteiger partial charge in [-0.25, -0.2) is 0 Å². The first-order valence-electron chi connectivity index (χ1n) is 9.77. The fraction of sp³-hybridized carbons (Fsp3) is 0.650. The van der Waals surface area contributed by atoms with Crippen molar-refractivity contribution in [2.75, 3.05) is 26.2 Å². The van der Waals surface area contributed by atoms with Crippen molar-refractivity contribution in [2.45, 2.75) is 52.1 Å². The molecule has 2 saturated heterocycles. The predicted molar refractivity (Wildman–Crippen MR) is 100 cm³/mol. The van der Waals surface area contributed by atoms with Crippen molar-refractivity contribution in [3.05, 3.63) is 29.6 Å². The molecule has 142 valence electrons. The average molecular weight is 358 g/mol. The van der Waals surface area contributed by atoms with Gasteiger partial charge in [0.25, 0.3) is 0 Å². The minimum atomic E-state index is -0.0260. The van der Waals surface area contributed by atoms with Gasteiger partial charge in [0, 0.05) is 44.3 Å². The summed E-state index contributed by atoms with van der Waals surface area (Å²) in [5, 5.41) is 3.19. The summed E-state index contributed by atoms with van der Waals surface area (Å²) in [6, 6.07) is 6.27. The van der Waals surface area contributed by atoms with E-state index in [0.717, 1.165) is 50.3 Å². The molecule has 2 amide bonds. The van der Waals surface area contributed by atoms with Crippen molar-refractivity contribution in [3.8, 4) is 0 Å². The fourth-order valence-corrected chi connectivity index (χ4v) is 4.13. The third-order valence-corrected chi connectivity index (χ3v) is 5.36. The zero-order valence-electron chi connectivity index (χ0n) is 15.9. The van der Waals surface area contributed by atoms with Crippen LogP contribution < -0.4 is 5.32 Å². The molecule has 3 rings (SSSR count). The summed E-state index contributed by atoms with van der Waals surface area (Å²) < 4.78 is 0. The molecular weight excluding hydrogens is 328 g/mol. The number of pyridine rings is 1. The Morgan fingerprint density at radius 3 is 2.88 bits per heavy atom. The second kappa shape index (κ2) is 8.62. The van der Waals surface area contributed by atoms with Crippen LogP contribution in [-0.2, 0) is 16.1 Å². The van der Waals surface area contributed by atoms with Crippen molar-refractivity contribution in [1.29, 1.82) is 0 Å². The summed E-state index contributed by atoms with van der Waals surface area (Å²) in [7, 11) is 0. The van der Waals surface area contributed by atoms with Gasteiger partial charge in [0.15, 0.2) is 0 Å². The van der Waals surface area contributed by atoms with Gasteiger partial charge in [0.05, 0.1) is 12.2 Å². The van der Waals surface area contributed by atoms with Crippen LogP contribution in [0.3, 0.4) is 0 Å². The summed E-state index contributed by atoms with van der Waals surface area (Å²) >= 11 is 0. The number of hydrogen-bond acceptors (Lipinski definition) is 4. The van der Waals surface area contributed by atoms with E-state index in [0.29, 0.717) is 18.9 Å². The predicted octanol–water partition coefficient (Wildman–Crippen LogP) is 1.73. The zero-order chi connectivity index (χ0) is 18.5. The Bertz CT molecular complexity index is 648. The minimum absolute atomic E-state index is 0.0260. The van der Waals surface area contributed by atoms with Crippen LogP contribution in [0.2, 0.25) is 0 Å². The number of carbonyl (C=O) groups is 2. The van der Waals surface area contributed by atoms with Crippen molar-refractivity contribution in [3.63, 3.8) is 0 Å². The van der Waals surface area contributed by atoms with Gasteiger partial charge in [0.1, 0.15) is 0 Å². The third-order valence-electron chi connectivity index (χ3n) is 5.36. The van der Waals surface area contributed by atoms with Gasteiger partial charge in [-0.05, 0) is 37.8 Å². The average Bonchev–Trinajstić information content (AvgIpc) is 3.14. The normalized spacial score (nSPS) is 23.6. The summed E-state index contributed by atoms with van der Waals surface area (Å²) in [5.74, 6) is 0.536. The molecule has 0 saturated carbocycles. The lowest BCUT2D eigenvalue weighted by molar-refractivity contribution is -0.133. The van der Waals surface area contributed by atoms with Crippen LogP contribution in [-0.4, -0.2) is 58.8 Å². The van der Waals surface area contributed by atoms with Crippen molar-refractivity contribution in [2.24, 2.45) is 5.92 Å². The van der Waals surface area contributed by atoms with Crippen LogP contribution in [0.4, 0.5) is 0 Å². The van der Waals surface area contributed by atoms with Crippen LogP contribution in [0.15, 0.2) is 18.2 Å². The molecule has 1 aromatic heterocycles. The first kappa shape index (κ1) is 18.8. The molecule has 0 aliphatic carbocycles. The van der Waals surface area contributed by atoms with Gasteiger partial charge in [-0.3, -0.25) is 19.5 Å². The van der Waals surface area contributed by atoms with Gasteiger partial charge in [-0.1, -0.05) is 19.4 Å². The van der Waals surface area contributed by atoms with Gasteiger partial charge < -0.3 is 10.2 Å². The Balaban J connectivity index is 1.56. The lowest BCUT2D eigenvalue weighted by Gasteiger charge is -2.21. The molecule has 2 aliphatic rings. The van der Waals surface area contributed by atoms with E-state index in [-0.39, 0.29) is 24.4 Å². The van der Waals surface area contributed by atoms with Crippen LogP contribution in [0.25, 0.3) is 0 Å². The molecule has 0 radical (unpaired) electrons. The van der Waals surface area contributed by atoms with Crippen LogP contribution in [0, 0.1) is 12.8 Å². The number of rotatable bonds is 7. The maximum atomic E-state index is 12.4. The quantitative estimate of drug-likeness (QED) is 0.806. The number of nitrogens with one attached hydrogen (secondary N) is 1. The van der Waals surface area contributed by atoms with Gasteiger partial charge in [0.2, 0.25) is 11.8 Å². The highest BCUT2D eigenvalue weighted by molar-refractivity contribution is 5.86. The molecule has 1 N–H and O–H groups in total. The molecule has 26 heavy (non-hydrogen) atoms. The Hall–Kier alpha value is -1.95. The summed E-state index contributed by atoms with van der Waals surface area (Å²) in [5.41, 5.74) is 2.11. The van der Waals surface area contributed by atoms with E-state index in [1.807, 2.05) is 19.1 Å². The minimum Gasteiger partial charge on any atom is -0.350 e. The van der Waals surface area contributed by atoms with E-state index < -0.39 is 0 Å². The number of nitrogens with zero attached hydrogens (tertiary/aromatic N) is 3. The maximum absolute atomic E-state index is 12.4. The van der Waals surface area contributed by atoms with Gasteiger partial charge in [-0.15, -0.1) is 0 Å². The molecule has 6 nitrogen and oxygen atoms in total. The summed E-state index contributed by atoms with van der Waals surface area (Å²) in [4.78, 5) is 32.8. The maximum Gasteiger partial charge on any atom is 0.239 e. The highest BCUT2D eigenvalue weighted by Gasteiger charge is 2.34. The molecule has 0 unspecified atom stereocenters. The van der Waals surface area contributed by atoms with Crippen molar-refractivity contribution in [1.82, 2.24) is 20.1 Å². The van der Waals surface area contributed by atoms with Gasteiger partial charge in [-0.2, -0.15) is 0 Å². The van der Waals surface area contributed by atoms with E-state index >= 15 is 0 Å². The SMILES string of the molecule is CCC[C@H]1CN(Cc2cccc(C)n2)C[C@@H]1NC(=O)CN1CCCC1=O. The molecule has 0 bridgehead atoms. The highest BCUT2D eigenvalue weighted by atomic mass is 16.2. The molecule has 0 spiro atoms. The van der Waals surface area contributed by atoms with Crippen LogP contribution in [0.1, 0.15) is 44.0 Å². The number of carbonyl (C=O) groups excluding carboxylic acids is 2. The van der Waals surface area contributed by atoms with Crippen molar-refractivity contribution < 1.29 is 9.59 Å². The Kier molecular flexibility index (Phi) is 6.25. The van der Waals surface area contributed by atoms with Crippen molar-refractivity contribution >= 4 is 11.8 Å². The lowest BCUT2D eigenvalue weighted by atomic mass is 9.98. The van der Waals surface area contributed by atoms with E-state index in [1.54, 1.807) is 4.90 Å². The molecule has 2 aliphatic heterocycles.